The molecule has 0 aromatic heterocycles. The molecule has 0 fully saturated rings. The van der Waals surface area contributed by atoms with Crippen molar-refractivity contribution in [1.82, 2.24) is 5.48 Å². The van der Waals surface area contributed by atoms with Crippen LogP contribution in [0.4, 0.5) is 0 Å². The van der Waals surface area contributed by atoms with Crippen LogP contribution in [-0.4, -0.2) is 39.9 Å². The summed E-state index contributed by atoms with van der Waals surface area (Å²) in [5.41, 5.74) is 2.93. The lowest BCUT2D eigenvalue weighted by atomic mass is 10.1. The van der Waals surface area contributed by atoms with Crippen LogP contribution in [0, 0.1) is 0 Å². The fourth-order valence-corrected chi connectivity index (χ4v) is 1.95. The van der Waals surface area contributed by atoms with Crippen LogP contribution >= 0.6 is 0 Å². The topological polar surface area (TPSA) is 119 Å². The van der Waals surface area contributed by atoms with E-state index in [2.05, 4.69) is 4.99 Å². The van der Waals surface area contributed by atoms with Gasteiger partial charge in [-0.1, -0.05) is 24.3 Å². The molecular formula is C18H16N2O5. The molecule has 7 heteroatoms. The Morgan fingerprint density at radius 1 is 1.08 bits per heavy atom. The van der Waals surface area contributed by atoms with Crippen LogP contribution in [0.3, 0.4) is 0 Å². The van der Waals surface area contributed by atoms with Crippen molar-refractivity contribution in [3.63, 3.8) is 0 Å². The first-order chi connectivity index (χ1) is 12.0. The van der Waals surface area contributed by atoms with Crippen LogP contribution in [0.1, 0.15) is 21.5 Å². The zero-order chi connectivity index (χ0) is 18.2. The molecule has 128 valence electrons. The maximum Gasteiger partial charge on any atom is 0.267 e. The highest BCUT2D eigenvalue weighted by Crippen LogP contribution is 2.20. The number of carbonyl (C=O) groups excluding carboxylic acids is 2. The zero-order valence-corrected chi connectivity index (χ0v) is 13.1. The minimum absolute atomic E-state index is 0.0101. The third-order valence-corrected chi connectivity index (χ3v) is 3.25. The standard InChI is InChI=1S/C18H16N2O5/c21-15-6-7-16(22)14(9-15)10-19-11-17(23)13-4-1-12(2-5-13)3-8-18(24)20-25/h1-10,21-22,25H,11H2,(H,20,24)/b8-3+,19-10?. The molecule has 2 aromatic carbocycles. The van der Waals surface area contributed by atoms with Gasteiger partial charge in [-0.25, -0.2) is 5.48 Å². The van der Waals surface area contributed by atoms with Crippen molar-refractivity contribution in [3.8, 4) is 11.5 Å². The second-order valence-corrected chi connectivity index (χ2v) is 5.07. The van der Waals surface area contributed by atoms with E-state index >= 15 is 0 Å². The van der Waals surface area contributed by atoms with E-state index in [1.165, 1.54) is 36.0 Å². The van der Waals surface area contributed by atoms with Crippen molar-refractivity contribution in [2.45, 2.75) is 0 Å². The number of carbonyl (C=O) groups is 2. The van der Waals surface area contributed by atoms with Gasteiger partial charge in [0, 0.05) is 23.4 Å². The number of amides is 1. The lowest BCUT2D eigenvalue weighted by molar-refractivity contribution is -0.124. The molecular weight excluding hydrogens is 324 g/mol. The summed E-state index contributed by atoms with van der Waals surface area (Å²) in [6, 6.07) is 10.5. The van der Waals surface area contributed by atoms with Gasteiger partial charge in [-0.15, -0.1) is 0 Å². The molecule has 0 bridgehead atoms. The number of hydrogen-bond acceptors (Lipinski definition) is 6. The first kappa shape index (κ1) is 17.9. The quantitative estimate of drug-likeness (QED) is 0.160. The smallest absolute Gasteiger partial charge is 0.267 e. The molecule has 7 nitrogen and oxygen atoms in total. The summed E-state index contributed by atoms with van der Waals surface area (Å²) < 4.78 is 0. The predicted molar refractivity (Wildman–Crippen MR) is 92.0 cm³/mol. The lowest BCUT2D eigenvalue weighted by Gasteiger charge is -2.01. The highest BCUT2D eigenvalue weighted by atomic mass is 16.5. The number of aromatic hydroxyl groups is 2. The second-order valence-electron chi connectivity index (χ2n) is 5.07. The summed E-state index contributed by atoms with van der Waals surface area (Å²) in [7, 11) is 0. The molecule has 25 heavy (non-hydrogen) atoms. The number of nitrogens with one attached hydrogen (secondary N) is 1. The van der Waals surface area contributed by atoms with E-state index in [0.29, 0.717) is 16.7 Å². The van der Waals surface area contributed by atoms with Crippen molar-refractivity contribution >= 4 is 24.0 Å². The summed E-state index contributed by atoms with van der Waals surface area (Å²) >= 11 is 0. The number of hydrogen-bond donors (Lipinski definition) is 4. The monoisotopic (exact) mass is 340 g/mol. The second kappa shape index (κ2) is 8.42. The number of ketones is 1. The summed E-state index contributed by atoms with van der Waals surface area (Å²) in [6.07, 6.45) is 3.96. The van der Waals surface area contributed by atoms with E-state index < -0.39 is 5.91 Å². The highest BCUT2D eigenvalue weighted by molar-refractivity contribution is 5.99. The van der Waals surface area contributed by atoms with E-state index in [9.17, 15) is 19.8 Å². The molecule has 4 N–H and O–H groups in total. The first-order valence-electron chi connectivity index (χ1n) is 7.27. The van der Waals surface area contributed by atoms with Gasteiger partial charge in [0.15, 0.2) is 5.78 Å². The Bertz CT molecular complexity index is 826. The summed E-state index contributed by atoms with van der Waals surface area (Å²) in [6.45, 7) is -0.114. The van der Waals surface area contributed by atoms with Crippen molar-refractivity contribution in [2.75, 3.05) is 6.54 Å². The van der Waals surface area contributed by atoms with E-state index in [4.69, 9.17) is 5.21 Å². The first-order valence-corrected chi connectivity index (χ1v) is 7.27. The van der Waals surface area contributed by atoms with E-state index in [1.807, 2.05) is 0 Å². The third kappa shape index (κ3) is 5.29. The molecule has 1 amide bonds. The number of benzene rings is 2. The van der Waals surface area contributed by atoms with Crippen molar-refractivity contribution in [2.24, 2.45) is 4.99 Å². The Labute approximate surface area is 143 Å². The highest BCUT2D eigenvalue weighted by Gasteiger charge is 2.05. The van der Waals surface area contributed by atoms with Crippen LogP contribution in [0.25, 0.3) is 6.08 Å². The van der Waals surface area contributed by atoms with Gasteiger partial charge in [-0.2, -0.15) is 0 Å². The number of phenolic OH excluding ortho intramolecular Hbond substituents is 2. The van der Waals surface area contributed by atoms with Crippen LogP contribution in [-0.2, 0) is 4.79 Å². The van der Waals surface area contributed by atoms with Crippen molar-refractivity contribution < 1.29 is 25.0 Å². The fraction of sp³-hybridized carbons (Fsp3) is 0.0556. The Balaban J connectivity index is 1.99. The summed E-state index contributed by atoms with van der Waals surface area (Å²) in [5.74, 6) is -0.926. The molecule has 0 aliphatic carbocycles. The molecule has 0 saturated carbocycles. The molecule has 0 saturated heterocycles. The Hall–Kier alpha value is -3.45. The molecule has 2 rings (SSSR count). The molecule has 0 aliphatic rings. The van der Waals surface area contributed by atoms with Crippen molar-refractivity contribution in [1.29, 1.82) is 0 Å². The SMILES string of the molecule is O=C(/C=C/c1ccc(C(=O)CN=Cc2cc(O)ccc2O)cc1)NO. The Morgan fingerprint density at radius 3 is 2.48 bits per heavy atom. The molecule has 0 heterocycles. The maximum absolute atomic E-state index is 12.1. The number of nitrogens with zero attached hydrogens (tertiary/aromatic N) is 1. The van der Waals surface area contributed by atoms with Crippen LogP contribution in [0.2, 0.25) is 0 Å². The molecule has 0 aliphatic heterocycles. The Kier molecular flexibility index (Phi) is 6.02. The van der Waals surface area contributed by atoms with Crippen LogP contribution < -0.4 is 5.48 Å². The van der Waals surface area contributed by atoms with E-state index in [0.717, 1.165) is 6.08 Å². The number of rotatable bonds is 6. The predicted octanol–water partition coefficient (Wildman–Crippen LogP) is 1.92. The van der Waals surface area contributed by atoms with Gasteiger partial charge in [-0.3, -0.25) is 19.8 Å². The van der Waals surface area contributed by atoms with Gasteiger partial charge in [-0.05, 0) is 29.8 Å². The fourth-order valence-electron chi connectivity index (χ4n) is 1.95. The lowest BCUT2D eigenvalue weighted by Crippen LogP contribution is -2.14. The molecule has 0 unspecified atom stereocenters. The normalized spacial score (nSPS) is 11.1. The maximum atomic E-state index is 12.1. The average molecular weight is 340 g/mol. The van der Waals surface area contributed by atoms with Gasteiger partial charge in [0.05, 0.1) is 0 Å². The number of Topliss-reactive ketones (excluding diaryl/α,β-unsaturated/α-hetero) is 1. The molecule has 0 radical (unpaired) electrons. The number of hydroxylamine groups is 1. The summed E-state index contributed by atoms with van der Waals surface area (Å²) in [5, 5.41) is 27.4. The minimum Gasteiger partial charge on any atom is -0.508 e. The third-order valence-electron chi connectivity index (χ3n) is 3.25. The van der Waals surface area contributed by atoms with Gasteiger partial charge in [0.25, 0.3) is 5.91 Å². The minimum atomic E-state index is -0.648. The Morgan fingerprint density at radius 2 is 1.80 bits per heavy atom. The largest absolute Gasteiger partial charge is 0.508 e. The van der Waals surface area contributed by atoms with Crippen LogP contribution in [0.15, 0.2) is 53.5 Å². The van der Waals surface area contributed by atoms with Gasteiger partial charge >= 0.3 is 0 Å². The van der Waals surface area contributed by atoms with Gasteiger partial charge < -0.3 is 10.2 Å². The van der Waals surface area contributed by atoms with Gasteiger partial charge in [0.2, 0.25) is 0 Å². The molecule has 0 atom stereocenters. The number of aliphatic imine (C=N–C) groups is 1. The van der Waals surface area contributed by atoms with E-state index in [1.54, 1.807) is 24.3 Å². The van der Waals surface area contributed by atoms with Crippen LogP contribution in [0.5, 0.6) is 11.5 Å². The molecule has 0 spiro atoms. The van der Waals surface area contributed by atoms with E-state index in [-0.39, 0.29) is 23.8 Å². The zero-order valence-electron chi connectivity index (χ0n) is 13.1. The van der Waals surface area contributed by atoms with Crippen molar-refractivity contribution in [3.05, 3.63) is 65.2 Å². The average Bonchev–Trinajstić information content (AvgIpc) is 2.62. The van der Waals surface area contributed by atoms with Gasteiger partial charge in [0.1, 0.15) is 18.0 Å². The number of phenols is 2. The molecule has 2 aromatic rings. The summed E-state index contributed by atoms with van der Waals surface area (Å²) in [4.78, 5) is 26.9.